The molecule has 5 heterocycles. The molecule has 2 aliphatic heterocycles. The van der Waals surface area contributed by atoms with Crippen LogP contribution in [0.5, 0.6) is 0 Å². The average molecular weight is 786 g/mol. The molecular formula is C54H39N7. The van der Waals surface area contributed by atoms with Crippen molar-refractivity contribution in [1.29, 1.82) is 0 Å². The normalized spacial score (nSPS) is 20.8. The van der Waals surface area contributed by atoms with Crippen molar-refractivity contribution >= 4 is 33.3 Å². The van der Waals surface area contributed by atoms with Crippen molar-refractivity contribution < 1.29 is 0 Å². The minimum Gasteiger partial charge on any atom is -0.322 e. The highest BCUT2D eigenvalue weighted by Crippen LogP contribution is 2.54. The molecule has 4 aromatic carbocycles. The van der Waals surface area contributed by atoms with Crippen LogP contribution in [0.1, 0.15) is 20.3 Å². The Morgan fingerprint density at radius 2 is 1.38 bits per heavy atom. The minimum atomic E-state index is -0.198. The Labute approximate surface area is 354 Å². The van der Waals surface area contributed by atoms with E-state index in [1.54, 1.807) is 0 Å². The smallest absolute Gasteiger partial charge is 0.168 e. The summed E-state index contributed by atoms with van der Waals surface area (Å²) < 4.78 is 2.35. The summed E-state index contributed by atoms with van der Waals surface area (Å²) in [6.07, 6.45) is 20.5. The fourth-order valence-electron chi connectivity index (χ4n) is 10.1. The number of hydrogen-bond acceptors (Lipinski definition) is 6. The summed E-state index contributed by atoms with van der Waals surface area (Å²) in [7, 11) is 0. The second kappa shape index (κ2) is 13.9. The minimum absolute atomic E-state index is 0.0252. The highest BCUT2D eigenvalue weighted by atomic mass is 15.3. The number of rotatable bonds is 7. The summed E-state index contributed by atoms with van der Waals surface area (Å²) in [5, 5.41) is 2.32. The van der Waals surface area contributed by atoms with Crippen LogP contribution in [0, 0.1) is 23.7 Å². The molecule has 0 radical (unpaired) electrons. The number of pyridine rings is 1. The highest BCUT2D eigenvalue weighted by molar-refractivity contribution is 6.10. The van der Waals surface area contributed by atoms with E-state index in [2.05, 4.69) is 161 Å². The van der Waals surface area contributed by atoms with Gasteiger partial charge in [0, 0.05) is 45.1 Å². The Morgan fingerprint density at radius 1 is 0.721 bits per heavy atom. The second-order valence-corrected chi connectivity index (χ2v) is 16.1. The maximum atomic E-state index is 5.65. The van der Waals surface area contributed by atoms with Crippen LogP contribution < -0.4 is 9.80 Å². The predicted molar refractivity (Wildman–Crippen MR) is 246 cm³/mol. The van der Waals surface area contributed by atoms with Gasteiger partial charge in [0.1, 0.15) is 6.04 Å². The van der Waals surface area contributed by atoms with Crippen LogP contribution in [0.15, 0.2) is 192 Å². The second-order valence-electron chi connectivity index (χ2n) is 16.1. The fraction of sp³-hybridized carbons (Fsp3) is 0.130. The van der Waals surface area contributed by atoms with E-state index in [-0.39, 0.29) is 23.9 Å². The zero-order valence-electron chi connectivity index (χ0n) is 33.7. The molecular weight excluding hydrogens is 747 g/mol. The van der Waals surface area contributed by atoms with Gasteiger partial charge >= 0.3 is 0 Å². The van der Waals surface area contributed by atoms with E-state index < -0.39 is 0 Å². The van der Waals surface area contributed by atoms with Crippen molar-refractivity contribution in [2.75, 3.05) is 9.80 Å². The van der Waals surface area contributed by atoms with Crippen molar-refractivity contribution in [2.45, 2.75) is 32.4 Å². The monoisotopic (exact) mass is 785 g/mol. The number of hydrogen-bond donors (Lipinski definition) is 0. The lowest BCUT2D eigenvalue weighted by atomic mass is 9.92. The van der Waals surface area contributed by atoms with Gasteiger partial charge in [0.25, 0.3) is 0 Å². The van der Waals surface area contributed by atoms with Gasteiger partial charge in [-0.1, -0.05) is 127 Å². The summed E-state index contributed by atoms with van der Waals surface area (Å²) in [5.41, 5.74) is 15.0. The molecule has 7 heteroatoms. The standard InChI is InChI=1S/C54H39N7/c1-3-18-42-34(2)37-23-10-13-28-43(37)60(42)50-49(53-57-51(35-19-6-4-7-20-35)56-52(58-53)36-21-8-5-9-22-36)48(59-44-29-14-11-24-38(44)39-25-12-15-30-45(39)59)33-55-54(50)61-46-31-16-26-40(46)41-27-17-32-47(41)61/h3-12,14-16,18-25,27,29-33,37,41,43,47H,26H2,1-2H3/b18-3-. The topological polar surface area (TPSA) is 63.0 Å². The Hall–Kier alpha value is -7.78. The number of fused-ring (bicyclic) bond motifs is 6. The molecule has 0 fully saturated rings. The maximum absolute atomic E-state index is 5.65. The molecule has 61 heavy (non-hydrogen) atoms. The lowest BCUT2D eigenvalue weighted by Gasteiger charge is -2.36. The molecule has 4 unspecified atom stereocenters. The van der Waals surface area contributed by atoms with Crippen molar-refractivity contribution in [3.05, 3.63) is 192 Å². The molecule has 3 aliphatic carbocycles. The van der Waals surface area contributed by atoms with Gasteiger partial charge in [-0.25, -0.2) is 19.9 Å². The van der Waals surface area contributed by atoms with Gasteiger partial charge < -0.3 is 14.4 Å². The highest BCUT2D eigenvalue weighted by Gasteiger charge is 2.46. The van der Waals surface area contributed by atoms with E-state index in [0.29, 0.717) is 17.5 Å². The molecule has 0 bridgehead atoms. The van der Waals surface area contributed by atoms with Gasteiger partial charge in [-0.3, -0.25) is 0 Å². The zero-order valence-corrected chi connectivity index (χ0v) is 33.7. The van der Waals surface area contributed by atoms with Gasteiger partial charge in [0.2, 0.25) is 0 Å². The Balaban J connectivity index is 1.26. The molecule has 290 valence electrons. The first-order chi connectivity index (χ1) is 30.2. The molecule has 0 saturated carbocycles. The first-order valence-corrected chi connectivity index (χ1v) is 21.0. The molecule has 0 spiro atoms. The average Bonchev–Trinajstić information content (AvgIpc) is 4.15. The van der Waals surface area contributed by atoms with E-state index in [1.165, 1.54) is 16.8 Å². The van der Waals surface area contributed by atoms with Crippen molar-refractivity contribution in [1.82, 2.24) is 24.5 Å². The fourth-order valence-corrected chi connectivity index (χ4v) is 10.1. The van der Waals surface area contributed by atoms with Gasteiger partial charge in [-0.2, -0.15) is 0 Å². The number of anilines is 2. The molecule has 4 atom stereocenters. The third kappa shape index (κ3) is 5.33. The number of nitrogens with zero attached hydrogens (tertiary/aromatic N) is 7. The van der Waals surface area contributed by atoms with Crippen molar-refractivity contribution in [3.63, 3.8) is 0 Å². The summed E-state index contributed by atoms with van der Waals surface area (Å²) in [4.78, 5) is 26.7. The molecule has 7 aromatic rings. The summed E-state index contributed by atoms with van der Waals surface area (Å²) in [5.74, 6) is 9.90. The van der Waals surface area contributed by atoms with Crippen LogP contribution in [-0.2, 0) is 0 Å². The molecule has 0 saturated heterocycles. The number of allylic oxidation sites excluding steroid dienone is 5. The molecule has 3 aromatic heterocycles. The first kappa shape index (κ1) is 35.2. The van der Waals surface area contributed by atoms with Gasteiger partial charge in [-0.15, -0.1) is 5.73 Å². The molecule has 0 amide bonds. The number of aromatic nitrogens is 5. The maximum Gasteiger partial charge on any atom is 0.168 e. The third-order valence-corrected chi connectivity index (χ3v) is 12.8. The molecule has 0 N–H and O–H groups in total. The van der Waals surface area contributed by atoms with Crippen molar-refractivity contribution in [3.8, 4) is 51.7 Å². The third-order valence-electron chi connectivity index (χ3n) is 12.8. The van der Waals surface area contributed by atoms with E-state index in [4.69, 9.17) is 19.9 Å². The van der Waals surface area contributed by atoms with Gasteiger partial charge in [0.15, 0.2) is 23.3 Å². The van der Waals surface area contributed by atoms with E-state index >= 15 is 0 Å². The van der Waals surface area contributed by atoms with E-state index in [0.717, 1.165) is 67.8 Å². The summed E-state index contributed by atoms with van der Waals surface area (Å²) in [6.45, 7) is 4.33. The molecule has 7 nitrogen and oxygen atoms in total. The van der Waals surface area contributed by atoms with Crippen LogP contribution >= 0.6 is 0 Å². The number of para-hydroxylation sites is 2. The van der Waals surface area contributed by atoms with E-state index in [9.17, 15) is 0 Å². The molecule has 5 aliphatic rings. The van der Waals surface area contributed by atoms with Crippen LogP contribution in [0.25, 0.3) is 61.7 Å². The number of benzene rings is 4. The Bertz CT molecular complexity index is 3160. The lowest BCUT2D eigenvalue weighted by molar-refractivity contribution is 0.677. The van der Waals surface area contributed by atoms with Crippen molar-refractivity contribution in [2.24, 2.45) is 11.8 Å². The first-order valence-electron chi connectivity index (χ1n) is 21.0. The van der Waals surface area contributed by atoms with Gasteiger partial charge in [0.05, 0.1) is 40.2 Å². The predicted octanol–water partition coefficient (Wildman–Crippen LogP) is 11.3. The van der Waals surface area contributed by atoms with Gasteiger partial charge in [-0.05, 0) is 73.9 Å². The zero-order chi connectivity index (χ0) is 40.6. The quantitative estimate of drug-likeness (QED) is 0.118. The SMILES string of the molecule is C/C=C\C1=C(C)C2C=CC#CC2N1c1c(N2C3=C(CC=C3)C3C=C=CC32)ncc(-n2c3ccccc3c3ccccc32)c1-c1nc(-c2ccccc2)nc(-c2ccccc2)n1. The summed E-state index contributed by atoms with van der Waals surface area (Å²) >= 11 is 0. The van der Waals surface area contributed by atoms with Crippen LogP contribution in [0.4, 0.5) is 11.5 Å². The van der Waals surface area contributed by atoms with E-state index in [1.807, 2.05) is 48.7 Å². The van der Waals surface area contributed by atoms with Crippen LogP contribution in [0.3, 0.4) is 0 Å². The summed E-state index contributed by atoms with van der Waals surface area (Å²) in [6, 6.07) is 37.5. The van der Waals surface area contributed by atoms with Crippen LogP contribution in [-0.4, -0.2) is 36.6 Å². The Kier molecular flexibility index (Phi) is 8.03. The largest absolute Gasteiger partial charge is 0.322 e. The molecule has 12 rings (SSSR count). The van der Waals surface area contributed by atoms with Crippen LogP contribution in [0.2, 0.25) is 0 Å². The lowest BCUT2D eigenvalue weighted by Crippen LogP contribution is -2.37. The Morgan fingerprint density at radius 3 is 2.07 bits per heavy atom.